The molecule has 0 saturated heterocycles. The molecule has 1 unspecified atom stereocenters. The van der Waals surface area contributed by atoms with Gasteiger partial charge in [-0.2, -0.15) is 0 Å². The summed E-state index contributed by atoms with van der Waals surface area (Å²) in [6.45, 7) is 3.67. The van der Waals surface area contributed by atoms with Crippen LogP contribution in [0.3, 0.4) is 0 Å². The number of hydrogen-bond acceptors (Lipinski definition) is 4. The van der Waals surface area contributed by atoms with E-state index < -0.39 is 0 Å². The summed E-state index contributed by atoms with van der Waals surface area (Å²) in [5.41, 5.74) is 1.08. The van der Waals surface area contributed by atoms with Gasteiger partial charge in [0.2, 0.25) is 0 Å². The van der Waals surface area contributed by atoms with Crippen LogP contribution in [0.25, 0.3) is 5.69 Å². The first kappa shape index (κ1) is 14.7. The molecule has 0 amide bonds. The second kappa shape index (κ2) is 7.77. The molecular weight excluding hydrogens is 252 g/mol. The minimum absolute atomic E-state index is 0.257. The predicted octanol–water partition coefficient (Wildman–Crippen LogP) is 2.17. The van der Waals surface area contributed by atoms with E-state index >= 15 is 0 Å². The summed E-state index contributed by atoms with van der Waals surface area (Å²) in [5, 5.41) is 11.6. The Morgan fingerprint density at radius 2 is 2.10 bits per heavy atom. The second-order valence-corrected chi connectivity index (χ2v) is 4.73. The highest BCUT2D eigenvalue weighted by Gasteiger charge is 2.08. The van der Waals surface area contributed by atoms with Gasteiger partial charge in [0, 0.05) is 19.3 Å². The van der Waals surface area contributed by atoms with Crippen molar-refractivity contribution in [1.29, 1.82) is 0 Å². The first-order chi connectivity index (χ1) is 9.85. The molecule has 0 saturated carbocycles. The van der Waals surface area contributed by atoms with Crippen LogP contribution >= 0.6 is 0 Å². The molecule has 1 aromatic heterocycles. The van der Waals surface area contributed by atoms with Gasteiger partial charge in [-0.25, -0.2) is 0 Å². The van der Waals surface area contributed by atoms with Gasteiger partial charge < -0.3 is 10.1 Å². The lowest BCUT2D eigenvalue weighted by Gasteiger charge is -2.15. The van der Waals surface area contributed by atoms with Gasteiger partial charge in [-0.1, -0.05) is 31.5 Å². The molecule has 0 radical (unpaired) electrons. The fourth-order valence-electron chi connectivity index (χ4n) is 2.15. The summed E-state index contributed by atoms with van der Waals surface area (Å²) in [6.07, 6.45) is 4.19. The number of hydrogen-bond donors (Lipinski definition) is 1. The molecule has 1 atom stereocenters. The number of methoxy groups -OCH3 is 1. The average Bonchev–Trinajstić information content (AvgIpc) is 2.95. The lowest BCUT2D eigenvalue weighted by Crippen LogP contribution is -2.28. The van der Waals surface area contributed by atoms with Gasteiger partial charge in [-0.05, 0) is 18.6 Å². The van der Waals surface area contributed by atoms with Gasteiger partial charge in [0.25, 0.3) is 0 Å². The van der Waals surface area contributed by atoms with E-state index in [-0.39, 0.29) is 6.10 Å². The quantitative estimate of drug-likeness (QED) is 0.801. The third kappa shape index (κ3) is 3.88. The van der Waals surface area contributed by atoms with E-state index in [2.05, 4.69) is 22.4 Å². The fourth-order valence-corrected chi connectivity index (χ4v) is 2.15. The molecular formula is C15H22N4O. The summed E-state index contributed by atoms with van der Waals surface area (Å²) in [7, 11) is 1.76. The fraction of sp³-hybridized carbons (Fsp3) is 0.467. The van der Waals surface area contributed by atoms with Crippen LogP contribution in [0.15, 0.2) is 36.7 Å². The van der Waals surface area contributed by atoms with Crippen molar-refractivity contribution in [3.63, 3.8) is 0 Å². The molecule has 0 aliphatic rings. The largest absolute Gasteiger partial charge is 0.380 e. The van der Waals surface area contributed by atoms with Crippen LogP contribution in [0.4, 0.5) is 0 Å². The number of para-hydroxylation sites is 1. The molecule has 0 spiro atoms. The van der Waals surface area contributed by atoms with E-state index in [0.717, 1.165) is 30.9 Å². The van der Waals surface area contributed by atoms with E-state index in [4.69, 9.17) is 4.74 Å². The molecule has 0 aliphatic carbocycles. The van der Waals surface area contributed by atoms with Crippen molar-refractivity contribution in [3.8, 4) is 5.69 Å². The lowest BCUT2D eigenvalue weighted by atomic mass is 10.2. The Kier molecular flexibility index (Phi) is 5.70. The van der Waals surface area contributed by atoms with Crippen LogP contribution in [0.1, 0.15) is 25.6 Å². The molecule has 0 bridgehead atoms. The third-order valence-corrected chi connectivity index (χ3v) is 3.25. The van der Waals surface area contributed by atoms with E-state index in [0.29, 0.717) is 6.54 Å². The van der Waals surface area contributed by atoms with E-state index in [1.165, 1.54) is 0 Å². The summed E-state index contributed by atoms with van der Waals surface area (Å²) < 4.78 is 7.41. The monoisotopic (exact) mass is 274 g/mol. The number of aromatic nitrogens is 3. The minimum atomic E-state index is 0.257. The summed E-state index contributed by atoms with van der Waals surface area (Å²) in [6, 6.07) is 10.1. The van der Waals surface area contributed by atoms with Gasteiger partial charge >= 0.3 is 0 Å². The van der Waals surface area contributed by atoms with Crippen LogP contribution in [-0.2, 0) is 11.3 Å². The highest BCUT2D eigenvalue weighted by atomic mass is 16.5. The number of rotatable bonds is 8. The maximum atomic E-state index is 5.42. The number of ether oxygens (including phenoxy) is 1. The molecule has 1 heterocycles. The SMILES string of the molecule is CCCC(CNCc1nncn1-c1ccccc1)OC. The van der Waals surface area contributed by atoms with Gasteiger partial charge in [0.15, 0.2) is 5.82 Å². The molecule has 1 aromatic carbocycles. The standard InChI is InChI=1S/C15H22N4O/c1-3-7-14(20-2)10-16-11-15-18-17-12-19(15)13-8-5-4-6-9-13/h4-6,8-9,12,14,16H,3,7,10-11H2,1-2H3. The Labute approximate surface area is 120 Å². The molecule has 108 valence electrons. The normalized spacial score (nSPS) is 12.5. The first-order valence-corrected chi connectivity index (χ1v) is 7.03. The van der Waals surface area contributed by atoms with Crippen LogP contribution < -0.4 is 5.32 Å². The van der Waals surface area contributed by atoms with Crippen molar-refractivity contribution in [2.24, 2.45) is 0 Å². The second-order valence-electron chi connectivity index (χ2n) is 4.73. The molecule has 2 rings (SSSR count). The van der Waals surface area contributed by atoms with Gasteiger partial charge in [-0.15, -0.1) is 10.2 Å². The van der Waals surface area contributed by atoms with Crippen molar-refractivity contribution in [1.82, 2.24) is 20.1 Å². The van der Waals surface area contributed by atoms with Crippen LogP contribution in [0, 0.1) is 0 Å². The van der Waals surface area contributed by atoms with E-state index in [9.17, 15) is 0 Å². The third-order valence-electron chi connectivity index (χ3n) is 3.25. The smallest absolute Gasteiger partial charge is 0.151 e. The van der Waals surface area contributed by atoms with Gasteiger partial charge in [0.1, 0.15) is 6.33 Å². The Morgan fingerprint density at radius 3 is 2.80 bits per heavy atom. The van der Waals surface area contributed by atoms with E-state index in [1.54, 1.807) is 13.4 Å². The zero-order valence-corrected chi connectivity index (χ0v) is 12.1. The summed E-state index contributed by atoms with van der Waals surface area (Å²) in [5.74, 6) is 0.905. The van der Waals surface area contributed by atoms with Crippen molar-refractivity contribution in [2.45, 2.75) is 32.4 Å². The lowest BCUT2D eigenvalue weighted by molar-refractivity contribution is 0.0934. The Hall–Kier alpha value is -1.72. The average molecular weight is 274 g/mol. The Bertz CT molecular complexity index is 498. The molecule has 20 heavy (non-hydrogen) atoms. The molecule has 1 N–H and O–H groups in total. The molecule has 5 nitrogen and oxygen atoms in total. The van der Waals surface area contributed by atoms with E-state index in [1.807, 2.05) is 34.9 Å². The van der Waals surface area contributed by atoms with Crippen LogP contribution in [0.2, 0.25) is 0 Å². The van der Waals surface area contributed by atoms with Crippen molar-refractivity contribution in [2.75, 3.05) is 13.7 Å². The topological polar surface area (TPSA) is 52.0 Å². The number of nitrogens with zero attached hydrogens (tertiary/aromatic N) is 3. The van der Waals surface area contributed by atoms with Crippen LogP contribution in [-0.4, -0.2) is 34.5 Å². The molecule has 0 fully saturated rings. The zero-order chi connectivity index (χ0) is 14.2. The Balaban J connectivity index is 1.93. The molecule has 0 aliphatic heterocycles. The zero-order valence-electron chi connectivity index (χ0n) is 12.1. The summed E-state index contributed by atoms with van der Waals surface area (Å²) >= 11 is 0. The number of nitrogens with one attached hydrogen (secondary N) is 1. The predicted molar refractivity (Wildman–Crippen MR) is 78.8 cm³/mol. The highest BCUT2D eigenvalue weighted by molar-refractivity contribution is 5.31. The van der Waals surface area contributed by atoms with Crippen molar-refractivity contribution < 1.29 is 4.74 Å². The first-order valence-electron chi connectivity index (χ1n) is 7.03. The number of benzene rings is 1. The molecule has 5 heteroatoms. The van der Waals surface area contributed by atoms with Crippen LogP contribution in [0.5, 0.6) is 0 Å². The van der Waals surface area contributed by atoms with Crippen molar-refractivity contribution >= 4 is 0 Å². The maximum absolute atomic E-state index is 5.42. The Morgan fingerprint density at radius 1 is 1.30 bits per heavy atom. The minimum Gasteiger partial charge on any atom is -0.380 e. The van der Waals surface area contributed by atoms with Gasteiger partial charge in [0.05, 0.1) is 12.6 Å². The summed E-state index contributed by atoms with van der Waals surface area (Å²) in [4.78, 5) is 0. The highest BCUT2D eigenvalue weighted by Crippen LogP contribution is 2.08. The molecule has 2 aromatic rings. The van der Waals surface area contributed by atoms with Crippen molar-refractivity contribution in [3.05, 3.63) is 42.5 Å². The maximum Gasteiger partial charge on any atom is 0.151 e. The van der Waals surface area contributed by atoms with Gasteiger partial charge in [-0.3, -0.25) is 4.57 Å².